The van der Waals surface area contributed by atoms with Crippen LogP contribution in [0.4, 0.5) is 5.69 Å². The second-order valence-electron chi connectivity index (χ2n) is 7.36. The van der Waals surface area contributed by atoms with Crippen LogP contribution in [0.2, 0.25) is 0 Å². The van der Waals surface area contributed by atoms with Crippen molar-refractivity contribution in [2.45, 2.75) is 13.8 Å². The van der Waals surface area contributed by atoms with Crippen LogP contribution in [0, 0.1) is 13.8 Å². The van der Waals surface area contributed by atoms with E-state index in [1.165, 1.54) is 6.07 Å². The Balaban J connectivity index is 1.54. The molecule has 0 bridgehead atoms. The minimum absolute atomic E-state index is 0.0940. The quantitative estimate of drug-likeness (QED) is 0.684. The molecule has 0 saturated carbocycles. The van der Waals surface area contributed by atoms with E-state index in [1.807, 2.05) is 50.2 Å². The summed E-state index contributed by atoms with van der Waals surface area (Å²) in [6, 6.07) is 12.8. The highest BCUT2D eigenvalue weighted by Crippen LogP contribution is 2.28. The average molecular weight is 392 g/mol. The van der Waals surface area contributed by atoms with Crippen molar-refractivity contribution in [3.8, 4) is 5.75 Å². The van der Waals surface area contributed by atoms with E-state index in [0.29, 0.717) is 37.1 Å². The summed E-state index contributed by atoms with van der Waals surface area (Å²) in [5, 5.41) is 0.505. The Morgan fingerprint density at radius 3 is 2.41 bits per heavy atom. The number of rotatable bonds is 3. The number of hydrogen-bond donors (Lipinski definition) is 0. The topological polar surface area (TPSA) is 63.0 Å². The standard InChI is InChI=1S/C23H24N2O4/c1-15-12-17-19(26)14-22(29-21(17)13-16(15)2)23(27)25-10-8-24(9-11-25)18-6-4-5-7-20(18)28-3/h4-7,12-14H,8-11H2,1-3H3. The number of carbonyl (C=O) groups excluding carboxylic acids is 1. The van der Waals surface area contributed by atoms with Crippen LogP contribution in [0.3, 0.4) is 0 Å². The molecule has 2 aromatic carbocycles. The molecule has 0 aliphatic carbocycles. The maximum Gasteiger partial charge on any atom is 0.289 e. The fraction of sp³-hybridized carbons (Fsp3) is 0.304. The van der Waals surface area contributed by atoms with Crippen LogP contribution in [0.25, 0.3) is 11.0 Å². The minimum Gasteiger partial charge on any atom is -0.495 e. The maximum absolute atomic E-state index is 13.0. The van der Waals surface area contributed by atoms with E-state index in [0.717, 1.165) is 22.6 Å². The molecule has 4 rings (SSSR count). The van der Waals surface area contributed by atoms with Crippen LogP contribution in [0.1, 0.15) is 21.7 Å². The fourth-order valence-electron chi connectivity index (χ4n) is 3.71. The van der Waals surface area contributed by atoms with Gasteiger partial charge < -0.3 is 19.0 Å². The molecule has 1 fully saturated rings. The molecule has 150 valence electrons. The summed E-state index contributed by atoms with van der Waals surface area (Å²) in [7, 11) is 1.66. The Labute approximate surface area is 169 Å². The number of benzene rings is 2. The molecule has 1 aromatic heterocycles. The van der Waals surface area contributed by atoms with E-state index in [-0.39, 0.29) is 17.1 Å². The van der Waals surface area contributed by atoms with Gasteiger partial charge >= 0.3 is 0 Å². The zero-order chi connectivity index (χ0) is 20.5. The van der Waals surface area contributed by atoms with Gasteiger partial charge in [-0.3, -0.25) is 9.59 Å². The zero-order valence-electron chi connectivity index (χ0n) is 16.9. The number of piperazine rings is 1. The van der Waals surface area contributed by atoms with Gasteiger partial charge in [-0.25, -0.2) is 0 Å². The smallest absolute Gasteiger partial charge is 0.289 e. The number of carbonyl (C=O) groups is 1. The lowest BCUT2D eigenvalue weighted by Gasteiger charge is -2.36. The van der Waals surface area contributed by atoms with E-state index in [9.17, 15) is 9.59 Å². The van der Waals surface area contributed by atoms with Crippen LogP contribution in [-0.2, 0) is 0 Å². The van der Waals surface area contributed by atoms with Crippen molar-refractivity contribution >= 4 is 22.6 Å². The molecule has 6 nitrogen and oxygen atoms in total. The summed E-state index contributed by atoms with van der Waals surface area (Å²) in [5.41, 5.74) is 3.33. The summed E-state index contributed by atoms with van der Waals surface area (Å²) in [4.78, 5) is 29.4. The van der Waals surface area contributed by atoms with Gasteiger partial charge in [-0.05, 0) is 49.2 Å². The molecule has 1 aliphatic rings. The Kier molecular flexibility index (Phi) is 5.01. The largest absolute Gasteiger partial charge is 0.495 e. The predicted octanol–water partition coefficient (Wildman–Crippen LogP) is 3.38. The van der Waals surface area contributed by atoms with Crippen LogP contribution in [-0.4, -0.2) is 44.1 Å². The van der Waals surface area contributed by atoms with Crippen LogP contribution in [0.5, 0.6) is 5.75 Å². The number of ether oxygens (including phenoxy) is 1. The Bertz CT molecular complexity index is 1130. The first-order valence-electron chi connectivity index (χ1n) is 9.70. The van der Waals surface area contributed by atoms with Gasteiger partial charge in [0, 0.05) is 32.2 Å². The van der Waals surface area contributed by atoms with Gasteiger partial charge in [0.15, 0.2) is 11.2 Å². The lowest BCUT2D eigenvalue weighted by atomic mass is 10.1. The summed E-state index contributed by atoms with van der Waals surface area (Å²) >= 11 is 0. The molecule has 0 N–H and O–H groups in total. The van der Waals surface area contributed by atoms with Gasteiger partial charge in [0.05, 0.1) is 18.2 Å². The van der Waals surface area contributed by atoms with Crippen molar-refractivity contribution in [2.24, 2.45) is 0 Å². The first kappa shape index (κ1) is 19.1. The summed E-state index contributed by atoms with van der Waals surface area (Å²) in [6.07, 6.45) is 0. The van der Waals surface area contributed by atoms with E-state index in [1.54, 1.807) is 12.0 Å². The van der Waals surface area contributed by atoms with Crippen LogP contribution >= 0.6 is 0 Å². The molecule has 1 amide bonds. The molecule has 3 aromatic rings. The normalized spacial score (nSPS) is 14.3. The molecule has 0 spiro atoms. The highest BCUT2D eigenvalue weighted by Gasteiger charge is 2.25. The van der Waals surface area contributed by atoms with Crippen molar-refractivity contribution < 1.29 is 13.9 Å². The van der Waals surface area contributed by atoms with Crippen molar-refractivity contribution in [2.75, 3.05) is 38.2 Å². The number of amides is 1. The number of nitrogens with zero attached hydrogens (tertiary/aromatic N) is 2. The lowest BCUT2D eigenvalue weighted by Crippen LogP contribution is -2.49. The molecule has 1 aliphatic heterocycles. The Morgan fingerprint density at radius 1 is 1.00 bits per heavy atom. The monoisotopic (exact) mass is 392 g/mol. The van der Waals surface area contributed by atoms with Gasteiger partial charge in [-0.1, -0.05) is 12.1 Å². The third-order valence-electron chi connectivity index (χ3n) is 5.55. The highest BCUT2D eigenvalue weighted by atomic mass is 16.5. The molecule has 0 radical (unpaired) electrons. The highest BCUT2D eigenvalue weighted by molar-refractivity contribution is 5.93. The number of methoxy groups -OCH3 is 1. The predicted molar refractivity (Wildman–Crippen MR) is 113 cm³/mol. The van der Waals surface area contributed by atoms with Crippen molar-refractivity contribution in [1.82, 2.24) is 4.90 Å². The lowest BCUT2D eigenvalue weighted by molar-refractivity contribution is 0.0715. The first-order valence-corrected chi connectivity index (χ1v) is 9.70. The molecule has 29 heavy (non-hydrogen) atoms. The van der Waals surface area contributed by atoms with Gasteiger partial charge in [0.2, 0.25) is 0 Å². The number of fused-ring (bicyclic) bond motifs is 1. The molecule has 1 saturated heterocycles. The van der Waals surface area contributed by atoms with Crippen LogP contribution < -0.4 is 15.1 Å². The summed E-state index contributed by atoms with van der Waals surface area (Å²) in [6.45, 7) is 6.37. The second kappa shape index (κ2) is 7.62. The third-order valence-corrected chi connectivity index (χ3v) is 5.55. The molecule has 0 atom stereocenters. The second-order valence-corrected chi connectivity index (χ2v) is 7.36. The van der Waals surface area contributed by atoms with E-state index >= 15 is 0 Å². The van der Waals surface area contributed by atoms with Gasteiger partial charge in [-0.15, -0.1) is 0 Å². The molecular formula is C23H24N2O4. The number of para-hydroxylation sites is 2. The molecule has 2 heterocycles. The van der Waals surface area contributed by atoms with Crippen molar-refractivity contribution in [1.29, 1.82) is 0 Å². The van der Waals surface area contributed by atoms with Crippen molar-refractivity contribution in [3.05, 3.63) is 69.6 Å². The molecule has 6 heteroatoms. The van der Waals surface area contributed by atoms with Crippen molar-refractivity contribution in [3.63, 3.8) is 0 Å². The maximum atomic E-state index is 13.0. The minimum atomic E-state index is -0.248. The average Bonchev–Trinajstić information content (AvgIpc) is 2.74. The number of anilines is 1. The Morgan fingerprint density at radius 2 is 1.69 bits per heavy atom. The van der Waals surface area contributed by atoms with E-state index in [2.05, 4.69) is 4.90 Å². The number of aryl methyl sites for hydroxylation is 2. The van der Waals surface area contributed by atoms with Gasteiger partial charge in [-0.2, -0.15) is 0 Å². The summed E-state index contributed by atoms with van der Waals surface area (Å²) < 4.78 is 11.3. The number of hydrogen-bond acceptors (Lipinski definition) is 5. The first-order chi connectivity index (χ1) is 14.0. The molecular weight excluding hydrogens is 368 g/mol. The van der Waals surface area contributed by atoms with E-state index < -0.39 is 0 Å². The van der Waals surface area contributed by atoms with Gasteiger partial charge in [0.25, 0.3) is 5.91 Å². The third kappa shape index (κ3) is 3.58. The SMILES string of the molecule is COc1ccccc1N1CCN(C(=O)c2cc(=O)c3cc(C)c(C)cc3o2)CC1. The van der Waals surface area contributed by atoms with Crippen LogP contribution in [0.15, 0.2) is 51.7 Å². The summed E-state index contributed by atoms with van der Waals surface area (Å²) in [5.74, 6) is 0.664. The zero-order valence-corrected chi connectivity index (χ0v) is 16.9. The Hall–Kier alpha value is -3.28. The van der Waals surface area contributed by atoms with E-state index in [4.69, 9.17) is 9.15 Å². The molecule has 0 unspecified atom stereocenters. The van der Waals surface area contributed by atoms with Gasteiger partial charge in [0.1, 0.15) is 11.3 Å². The fourth-order valence-corrected chi connectivity index (χ4v) is 3.71.